The minimum atomic E-state index is -3.69. The number of aromatic nitrogens is 2. The first-order chi connectivity index (χ1) is 17.1. The second kappa shape index (κ2) is 12.2. The summed E-state index contributed by atoms with van der Waals surface area (Å²) in [5.74, 6) is -0.499. The van der Waals surface area contributed by atoms with Gasteiger partial charge in [-0.2, -0.15) is 0 Å². The Kier molecular flexibility index (Phi) is 9.25. The average molecular weight is 514 g/mol. The summed E-state index contributed by atoms with van der Waals surface area (Å²) in [7, 11) is -3.69. The summed E-state index contributed by atoms with van der Waals surface area (Å²) in [6.07, 6.45) is 2.73. The Hall–Kier alpha value is -3.21. The summed E-state index contributed by atoms with van der Waals surface area (Å²) in [5, 5.41) is 2.74. The van der Waals surface area contributed by atoms with Crippen LogP contribution >= 0.6 is 0 Å². The molecule has 0 saturated heterocycles. The van der Waals surface area contributed by atoms with Gasteiger partial charge in [0, 0.05) is 49.7 Å². The first kappa shape index (κ1) is 27.4. The van der Waals surface area contributed by atoms with Crippen molar-refractivity contribution < 1.29 is 17.6 Å². The molecule has 1 aromatic heterocycles. The molecule has 0 atom stereocenters. The zero-order valence-corrected chi connectivity index (χ0v) is 21.7. The van der Waals surface area contributed by atoms with Crippen LogP contribution in [0.15, 0.2) is 65.8 Å². The Morgan fingerprint density at radius 3 is 2.31 bits per heavy atom. The summed E-state index contributed by atoms with van der Waals surface area (Å²) in [5.41, 5.74) is 1.38. The minimum absolute atomic E-state index is 0.127. The van der Waals surface area contributed by atoms with Crippen molar-refractivity contribution in [1.29, 1.82) is 0 Å². The van der Waals surface area contributed by atoms with Gasteiger partial charge in [0.25, 0.3) is 5.91 Å². The lowest BCUT2D eigenvalue weighted by molar-refractivity contribution is 0.0950. The van der Waals surface area contributed by atoms with Crippen LogP contribution in [0.4, 0.5) is 4.39 Å². The maximum atomic E-state index is 13.4. The number of benzene rings is 2. The number of halogens is 1. The summed E-state index contributed by atoms with van der Waals surface area (Å²) in [6.45, 7) is 9.35. The molecule has 8 nitrogen and oxygen atoms in total. The average Bonchev–Trinajstić information content (AvgIpc) is 2.85. The van der Waals surface area contributed by atoms with Crippen LogP contribution in [-0.4, -0.2) is 54.4 Å². The van der Waals surface area contributed by atoms with Crippen LogP contribution in [-0.2, 0) is 16.6 Å². The Morgan fingerprint density at radius 2 is 1.67 bits per heavy atom. The quantitative estimate of drug-likeness (QED) is 0.406. The maximum absolute atomic E-state index is 13.4. The fraction of sp³-hybridized carbons (Fsp3) is 0.346. The van der Waals surface area contributed by atoms with Gasteiger partial charge in [-0.1, -0.05) is 24.3 Å². The molecule has 1 amide bonds. The smallest absolute Gasteiger partial charge is 0.254 e. The number of carbonyl (C=O) groups is 1. The van der Waals surface area contributed by atoms with Crippen molar-refractivity contribution in [2.24, 2.45) is 0 Å². The third-order valence-electron chi connectivity index (χ3n) is 5.65. The lowest BCUT2D eigenvalue weighted by atomic mass is 10.2. The second-order valence-corrected chi connectivity index (χ2v) is 10.7. The number of nitrogens with zero attached hydrogens (tertiary/aromatic N) is 3. The zero-order chi connectivity index (χ0) is 26.3. The lowest BCUT2D eigenvalue weighted by Gasteiger charge is -2.30. The monoisotopic (exact) mass is 513 g/mol. The van der Waals surface area contributed by atoms with Crippen LogP contribution in [0.2, 0.25) is 0 Å². The Morgan fingerprint density at radius 1 is 1.00 bits per heavy atom. The van der Waals surface area contributed by atoms with E-state index in [1.807, 2.05) is 0 Å². The molecule has 0 fully saturated rings. The molecule has 2 aromatic carbocycles. The number of amides is 1. The highest BCUT2D eigenvalue weighted by atomic mass is 32.2. The molecular formula is C26H32FN5O3S. The number of nitrogens with one attached hydrogen (secondary N) is 2. The van der Waals surface area contributed by atoms with Gasteiger partial charge in [0.2, 0.25) is 10.0 Å². The fourth-order valence-electron chi connectivity index (χ4n) is 3.83. The number of carbonyl (C=O) groups excluding carboxylic acids is 1. The number of hydrogen-bond acceptors (Lipinski definition) is 6. The molecule has 0 unspecified atom stereocenters. The van der Waals surface area contributed by atoms with E-state index in [2.05, 4.69) is 52.6 Å². The number of hydrogen-bond donors (Lipinski definition) is 2. The number of rotatable bonds is 11. The van der Waals surface area contributed by atoms with Crippen LogP contribution in [0.3, 0.4) is 0 Å². The Balaban J connectivity index is 1.59. The van der Waals surface area contributed by atoms with Gasteiger partial charge < -0.3 is 5.32 Å². The van der Waals surface area contributed by atoms with Crippen molar-refractivity contribution in [2.75, 3.05) is 13.1 Å². The van der Waals surface area contributed by atoms with Crippen molar-refractivity contribution in [2.45, 2.75) is 51.2 Å². The molecule has 3 rings (SSSR count). The summed E-state index contributed by atoms with van der Waals surface area (Å²) < 4.78 is 41.6. The first-order valence-corrected chi connectivity index (χ1v) is 13.3. The number of sulfonamides is 1. The molecular weight excluding hydrogens is 481 g/mol. The van der Waals surface area contributed by atoms with Crippen LogP contribution in [0.25, 0.3) is 11.4 Å². The van der Waals surface area contributed by atoms with Crippen molar-refractivity contribution in [3.05, 3.63) is 77.9 Å². The third kappa shape index (κ3) is 7.39. The molecule has 2 N–H and O–H groups in total. The highest BCUT2D eigenvalue weighted by Gasteiger charge is 2.17. The largest absolute Gasteiger partial charge is 0.348 e. The van der Waals surface area contributed by atoms with Crippen molar-refractivity contribution in [3.8, 4) is 11.4 Å². The molecule has 0 aliphatic carbocycles. The highest BCUT2D eigenvalue weighted by molar-refractivity contribution is 7.89. The van der Waals surface area contributed by atoms with Gasteiger partial charge in [0.1, 0.15) is 5.82 Å². The molecule has 0 bridgehead atoms. The van der Waals surface area contributed by atoms with E-state index in [9.17, 15) is 17.6 Å². The third-order valence-corrected chi connectivity index (χ3v) is 7.11. The molecule has 0 aliphatic heterocycles. The van der Waals surface area contributed by atoms with Gasteiger partial charge in [-0.25, -0.2) is 27.5 Å². The molecule has 1 heterocycles. The van der Waals surface area contributed by atoms with Gasteiger partial charge in [-0.15, -0.1) is 0 Å². The first-order valence-electron chi connectivity index (χ1n) is 11.8. The van der Waals surface area contributed by atoms with Gasteiger partial charge >= 0.3 is 0 Å². The molecule has 0 radical (unpaired) electrons. The van der Waals surface area contributed by atoms with Crippen molar-refractivity contribution in [1.82, 2.24) is 24.9 Å². The zero-order valence-electron chi connectivity index (χ0n) is 20.9. The second-order valence-electron chi connectivity index (χ2n) is 8.96. The molecule has 192 valence electrons. The molecule has 3 aromatic rings. The Labute approximate surface area is 212 Å². The van der Waals surface area contributed by atoms with E-state index in [-0.39, 0.29) is 17.0 Å². The highest BCUT2D eigenvalue weighted by Crippen LogP contribution is 2.16. The normalized spacial score (nSPS) is 11.9. The van der Waals surface area contributed by atoms with E-state index >= 15 is 0 Å². The van der Waals surface area contributed by atoms with Crippen LogP contribution in [0.5, 0.6) is 0 Å². The predicted octanol–water partition coefficient (Wildman–Crippen LogP) is 3.61. The fourth-order valence-corrected chi connectivity index (χ4v) is 4.92. The van der Waals surface area contributed by atoms with Gasteiger partial charge in [0.05, 0.1) is 10.5 Å². The van der Waals surface area contributed by atoms with E-state index in [0.29, 0.717) is 42.1 Å². The topological polar surface area (TPSA) is 104 Å². The van der Waals surface area contributed by atoms with Gasteiger partial charge in [-0.3, -0.25) is 9.69 Å². The maximum Gasteiger partial charge on any atom is 0.254 e. The molecule has 36 heavy (non-hydrogen) atoms. The van der Waals surface area contributed by atoms with E-state index in [1.165, 1.54) is 36.7 Å². The van der Waals surface area contributed by atoms with E-state index in [4.69, 9.17) is 0 Å². The molecule has 0 spiro atoms. The van der Waals surface area contributed by atoms with Crippen molar-refractivity contribution >= 4 is 15.9 Å². The standard InChI is InChI=1S/C26H32FN5O3S/c1-18(2)32(19(3)4)12-11-31-36(34,35)24-10-5-7-20(13-24)15-30-26(33)22-16-28-25(29-17-22)21-8-6-9-23(27)14-21/h5-10,13-14,16-19,31H,11-12,15H2,1-4H3,(H,30,33). The molecule has 0 aliphatic rings. The molecule has 10 heteroatoms. The minimum Gasteiger partial charge on any atom is -0.348 e. The van der Waals surface area contributed by atoms with Gasteiger partial charge in [0.15, 0.2) is 5.82 Å². The molecule has 0 saturated carbocycles. The van der Waals surface area contributed by atoms with E-state index < -0.39 is 21.7 Å². The lowest BCUT2D eigenvalue weighted by Crippen LogP contribution is -2.42. The van der Waals surface area contributed by atoms with Crippen LogP contribution in [0, 0.1) is 5.82 Å². The van der Waals surface area contributed by atoms with Crippen molar-refractivity contribution in [3.63, 3.8) is 0 Å². The van der Waals surface area contributed by atoms with Crippen LogP contribution < -0.4 is 10.0 Å². The Bertz CT molecular complexity index is 1270. The summed E-state index contributed by atoms with van der Waals surface area (Å²) in [6, 6.07) is 12.9. The summed E-state index contributed by atoms with van der Waals surface area (Å²) in [4.78, 5) is 23.2. The van der Waals surface area contributed by atoms with E-state index in [1.54, 1.807) is 24.3 Å². The van der Waals surface area contributed by atoms with E-state index in [0.717, 1.165) is 0 Å². The summed E-state index contributed by atoms with van der Waals surface area (Å²) >= 11 is 0. The SMILES string of the molecule is CC(C)N(CCNS(=O)(=O)c1cccc(CNC(=O)c2cnc(-c3cccc(F)c3)nc2)c1)C(C)C. The predicted molar refractivity (Wildman–Crippen MR) is 137 cm³/mol. The van der Waals surface area contributed by atoms with Crippen LogP contribution in [0.1, 0.15) is 43.6 Å². The van der Waals surface area contributed by atoms with Gasteiger partial charge in [-0.05, 0) is 57.5 Å².